The molecule has 0 aromatic heterocycles. The number of nitrogens with two attached hydrogens (primary N) is 1. The summed E-state index contributed by atoms with van der Waals surface area (Å²) >= 11 is 20.1. The van der Waals surface area contributed by atoms with Gasteiger partial charge in [-0.15, -0.1) is 0 Å². The minimum Gasteiger partial charge on any atom is -0.504 e. The summed E-state index contributed by atoms with van der Waals surface area (Å²) in [4.78, 5) is 11.1. The molecule has 0 spiro atoms. The number of nitrogens with one attached hydrogen (secondary N) is 2. The number of anilines is 2. The molecule has 0 aliphatic heterocycles. The standard InChI is InChI=1S/C13H11BrClN3O4S.C6H3Cl3O2S/c14-7-3-1-2-4-9(7)17-13(20)18-10-6-5-8(15)12(11(10)19)23(16,21)22;7-4-2-1-3-5(8)6(4)12(9,10)11/h1-6,19H,(H2,16,21,22)(H2,17,18,20);1-3H. The Kier molecular flexibility index (Phi) is 10.1. The second-order valence-electron chi connectivity index (χ2n) is 6.37. The average Bonchev–Trinajstić information content (AvgIpc) is 2.70. The largest absolute Gasteiger partial charge is 0.504 e. The van der Waals surface area contributed by atoms with Crippen molar-refractivity contribution < 1.29 is 26.7 Å². The van der Waals surface area contributed by atoms with E-state index in [0.717, 1.165) is 0 Å². The minimum atomic E-state index is -4.25. The van der Waals surface area contributed by atoms with Crippen molar-refractivity contribution in [1.82, 2.24) is 0 Å². The second-order valence-corrected chi connectivity index (χ2v) is 12.4. The number of primary sulfonamides is 1. The van der Waals surface area contributed by atoms with Gasteiger partial charge in [-0.1, -0.05) is 53.0 Å². The van der Waals surface area contributed by atoms with E-state index in [1.54, 1.807) is 24.3 Å². The summed E-state index contributed by atoms with van der Waals surface area (Å²) < 4.78 is 45.3. The Morgan fingerprint density at radius 1 is 0.800 bits per heavy atom. The van der Waals surface area contributed by atoms with Crippen LogP contribution in [0.1, 0.15) is 0 Å². The lowest BCUT2D eigenvalue weighted by atomic mass is 10.3. The summed E-state index contributed by atoms with van der Waals surface area (Å²) in [5.74, 6) is -0.734. The van der Waals surface area contributed by atoms with Crippen LogP contribution in [0.4, 0.5) is 16.2 Å². The molecule has 188 valence electrons. The van der Waals surface area contributed by atoms with Crippen LogP contribution in [0.25, 0.3) is 0 Å². The molecule has 0 aliphatic carbocycles. The number of halogens is 5. The van der Waals surface area contributed by atoms with Crippen LogP contribution in [-0.4, -0.2) is 28.0 Å². The van der Waals surface area contributed by atoms with E-state index in [2.05, 4.69) is 26.6 Å². The van der Waals surface area contributed by atoms with Gasteiger partial charge in [-0.25, -0.2) is 26.8 Å². The van der Waals surface area contributed by atoms with Crippen LogP contribution in [-0.2, 0) is 19.1 Å². The number of urea groups is 1. The highest BCUT2D eigenvalue weighted by Crippen LogP contribution is 2.36. The first-order valence-electron chi connectivity index (χ1n) is 8.88. The van der Waals surface area contributed by atoms with Crippen molar-refractivity contribution in [2.75, 3.05) is 10.6 Å². The van der Waals surface area contributed by atoms with Crippen molar-refractivity contribution in [3.63, 3.8) is 0 Å². The first kappa shape index (κ1) is 29.5. The Morgan fingerprint density at radius 2 is 1.31 bits per heavy atom. The van der Waals surface area contributed by atoms with E-state index in [1.165, 1.54) is 30.3 Å². The van der Waals surface area contributed by atoms with Crippen LogP contribution >= 0.6 is 61.4 Å². The van der Waals surface area contributed by atoms with Crippen molar-refractivity contribution >= 4 is 97.9 Å². The number of carbonyl (C=O) groups excluding carboxylic acids is 1. The Balaban J connectivity index is 0.000000303. The highest BCUT2D eigenvalue weighted by Gasteiger charge is 2.22. The van der Waals surface area contributed by atoms with Gasteiger partial charge in [-0.2, -0.15) is 0 Å². The first-order valence-corrected chi connectivity index (χ1v) is 14.7. The lowest BCUT2D eigenvalue weighted by Gasteiger charge is -2.12. The Labute approximate surface area is 228 Å². The molecule has 9 nitrogen and oxygen atoms in total. The Hall–Kier alpha value is -1.77. The number of hydrogen-bond acceptors (Lipinski definition) is 6. The number of carbonyl (C=O) groups is 1. The fraction of sp³-hybridized carbons (Fsp3) is 0. The van der Waals surface area contributed by atoms with Gasteiger partial charge in [0.15, 0.2) is 5.75 Å². The van der Waals surface area contributed by atoms with Gasteiger partial charge in [0.2, 0.25) is 10.0 Å². The maximum atomic E-state index is 12.0. The SMILES string of the molecule is NS(=O)(=O)c1c(Cl)ccc(NC(=O)Nc2ccccc2Br)c1O.O=S(=O)(Cl)c1c(Cl)cccc1Cl. The molecule has 3 aromatic carbocycles. The molecule has 0 saturated carbocycles. The minimum absolute atomic E-state index is 0.0255. The number of phenols is 1. The average molecular weight is 666 g/mol. The molecule has 35 heavy (non-hydrogen) atoms. The summed E-state index contributed by atoms with van der Waals surface area (Å²) in [6, 6.07) is 13.0. The maximum absolute atomic E-state index is 12.0. The zero-order valence-electron chi connectivity index (χ0n) is 17.0. The lowest BCUT2D eigenvalue weighted by molar-refractivity contribution is 0.262. The van der Waals surface area contributed by atoms with E-state index in [-0.39, 0.29) is 25.7 Å². The van der Waals surface area contributed by atoms with Gasteiger partial charge in [0, 0.05) is 15.2 Å². The quantitative estimate of drug-likeness (QED) is 0.197. The zero-order valence-corrected chi connectivity index (χ0v) is 23.2. The third-order valence-corrected chi connectivity index (χ3v) is 8.25. The molecule has 0 atom stereocenters. The summed E-state index contributed by atoms with van der Waals surface area (Å²) in [6.07, 6.45) is 0. The van der Waals surface area contributed by atoms with Crippen LogP contribution in [0.3, 0.4) is 0 Å². The molecule has 0 saturated heterocycles. The van der Waals surface area contributed by atoms with Gasteiger partial charge in [0.1, 0.15) is 9.79 Å². The molecule has 0 unspecified atom stereocenters. The van der Waals surface area contributed by atoms with Crippen LogP contribution in [0, 0.1) is 0 Å². The lowest BCUT2D eigenvalue weighted by Crippen LogP contribution is -2.20. The van der Waals surface area contributed by atoms with Crippen molar-refractivity contribution in [1.29, 1.82) is 0 Å². The molecule has 0 heterocycles. The maximum Gasteiger partial charge on any atom is 0.323 e. The second kappa shape index (κ2) is 12.0. The van der Waals surface area contributed by atoms with E-state index in [9.17, 15) is 26.7 Å². The fourth-order valence-electron chi connectivity index (χ4n) is 2.47. The topological polar surface area (TPSA) is 156 Å². The van der Waals surface area contributed by atoms with Gasteiger partial charge in [-0.05, 0) is 52.3 Å². The molecule has 3 rings (SSSR count). The number of para-hydroxylation sites is 1. The molecule has 0 bridgehead atoms. The number of benzene rings is 3. The van der Waals surface area contributed by atoms with Crippen LogP contribution in [0.15, 0.2) is 68.9 Å². The number of aromatic hydroxyl groups is 1. The predicted molar refractivity (Wildman–Crippen MR) is 141 cm³/mol. The molecule has 5 N–H and O–H groups in total. The van der Waals surface area contributed by atoms with Crippen molar-refractivity contribution in [2.45, 2.75) is 9.79 Å². The number of phenolic OH excluding ortho intramolecular Hbond substituents is 1. The molecular weight excluding hydrogens is 652 g/mol. The van der Waals surface area contributed by atoms with Crippen molar-refractivity contribution in [3.05, 3.63) is 74.1 Å². The molecular formula is C19H14BrCl4N3O6S2. The van der Waals surface area contributed by atoms with Crippen molar-refractivity contribution in [2.24, 2.45) is 5.14 Å². The predicted octanol–water partition coefficient (Wildman–Crippen LogP) is 6.02. The summed E-state index contributed by atoms with van der Waals surface area (Å²) in [5, 5.41) is 19.6. The van der Waals surface area contributed by atoms with Gasteiger partial charge < -0.3 is 15.7 Å². The zero-order chi connectivity index (χ0) is 26.6. The number of amides is 2. The molecule has 0 fully saturated rings. The highest BCUT2D eigenvalue weighted by atomic mass is 79.9. The molecule has 0 radical (unpaired) electrons. The van der Waals surface area contributed by atoms with E-state index in [1.807, 2.05) is 0 Å². The molecule has 2 amide bonds. The molecule has 3 aromatic rings. The third-order valence-electron chi connectivity index (χ3n) is 3.90. The summed E-state index contributed by atoms with van der Waals surface area (Å²) in [6.45, 7) is 0. The monoisotopic (exact) mass is 663 g/mol. The number of hydrogen-bond donors (Lipinski definition) is 4. The number of rotatable bonds is 4. The molecule has 0 aliphatic rings. The normalized spacial score (nSPS) is 11.3. The number of sulfonamides is 1. The van der Waals surface area contributed by atoms with E-state index < -0.39 is 35.8 Å². The van der Waals surface area contributed by atoms with Gasteiger partial charge in [0.25, 0.3) is 9.05 Å². The van der Waals surface area contributed by atoms with Crippen LogP contribution in [0.2, 0.25) is 15.1 Å². The van der Waals surface area contributed by atoms with Crippen LogP contribution in [0.5, 0.6) is 5.75 Å². The van der Waals surface area contributed by atoms with Crippen molar-refractivity contribution in [3.8, 4) is 5.75 Å². The van der Waals surface area contributed by atoms with Crippen LogP contribution < -0.4 is 15.8 Å². The highest BCUT2D eigenvalue weighted by molar-refractivity contribution is 9.10. The van der Waals surface area contributed by atoms with E-state index in [0.29, 0.717) is 10.2 Å². The molecule has 16 heteroatoms. The Bertz CT molecular complexity index is 1470. The fourth-order valence-corrected chi connectivity index (χ4v) is 6.39. The van der Waals surface area contributed by atoms with Gasteiger partial charge in [-0.3, -0.25) is 0 Å². The smallest absolute Gasteiger partial charge is 0.323 e. The first-order chi connectivity index (χ1) is 16.1. The Morgan fingerprint density at radius 3 is 1.80 bits per heavy atom. The van der Waals surface area contributed by atoms with E-state index >= 15 is 0 Å². The summed E-state index contributed by atoms with van der Waals surface area (Å²) in [7, 11) is -3.03. The van der Waals surface area contributed by atoms with E-state index in [4.69, 9.17) is 50.6 Å². The van der Waals surface area contributed by atoms with Gasteiger partial charge in [0.05, 0.1) is 26.4 Å². The van der Waals surface area contributed by atoms with Gasteiger partial charge >= 0.3 is 6.03 Å². The third kappa shape index (κ3) is 8.12. The summed E-state index contributed by atoms with van der Waals surface area (Å²) in [5.41, 5.74) is 0.341.